The summed E-state index contributed by atoms with van der Waals surface area (Å²) in [6.07, 6.45) is 2.25. The Morgan fingerprint density at radius 2 is 2.00 bits per heavy atom. The highest BCUT2D eigenvalue weighted by molar-refractivity contribution is 6.32. The molecule has 1 fully saturated rings. The minimum atomic E-state index is -0.453. The van der Waals surface area contributed by atoms with E-state index in [1.165, 1.54) is 17.8 Å². The minimum Gasteiger partial charge on any atom is -0.381 e. The van der Waals surface area contributed by atoms with Gasteiger partial charge in [0.2, 0.25) is 0 Å². The molecule has 8 nitrogen and oxygen atoms in total. The molecular weight excluding hydrogens is 453 g/mol. The van der Waals surface area contributed by atoms with Gasteiger partial charge in [0.25, 0.3) is 11.8 Å². The van der Waals surface area contributed by atoms with Crippen molar-refractivity contribution in [1.29, 1.82) is 0 Å². The number of amides is 2. The number of rotatable bonds is 6. The van der Waals surface area contributed by atoms with Crippen LogP contribution in [0, 0.1) is 12.8 Å². The van der Waals surface area contributed by atoms with E-state index in [2.05, 4.69) is 20.7 Å². The predicted molar refractivity (Wildman–Crippen MR) is 122 cm³/mol. The number of hydrogen-bond acceptors (Lipinski definition) is 5. The third-order valence-corrected chi connectivity index (χ3v) is 5.66. The lowest BCUT2D eigenvalue weighted by atomic mass is 10.0. The number of ether oxygens (including phenoxy) is 1. The number of benzene rings is 1. The number of nitrogens with zero attached hydrogens (tertiary/aromatic N) is 3. The molecule has 3 heterocycles. The van der Waals surface area contributed by atoms with Gasteiger partial charge in [-0.05, 0) is 49.2 Å². The summed E-state index contributed by atoms with van der Waals surface area (Å²) in [5, 5.41) is 10.8. The first-order valence-corrected chi connectivity index (χ1v) is 10.7. The standard InChI is InChI=1S/C22H21Cl2N5O3/c1-12-6-14(23)8-16(21(30)25-2)19(12)27-22(31)18-9-15(7-13-10-32-11-13)28-29(18)20-17(24)4-3-5-26-20/h3-6,8-9,13H,7,10-11H2,1-2H3,(H,25,30)(H,27,31). The molecule has 1 aliphatic heterocycles. The summed E-state index contributed by atoms with van der Waals surface area (Å²) >= 11 is 12.5. The maximum absolute atomic E-state index is 13.4. The molecule has 1 aromatic carbocycles. The number of hydrogen-bond donors (Lipinski definition) is 2. The zero-order valence-corrected chi connectivity index (χ0v) is 19.0. The van der Waals surface area contributed by atoms with Gasteiger partial charge in [0.15, 0.2) is 5.82 Å². The van der Waals surface area contributed by atoms with E-state index < -0.39 is 5.91 Å². The number of aromatic nitrogens is 3. The van der Waals surface area contributed by atoms with E-state index >= 15 is 0 Å². The average molecular weight is 474 g/mol. The summed E-state index contributed by atoms with van der Waals surface area (Å²) < 4.78 is 6.68. The van der Waals surface area contributed by atoms with Gasteiger partial charge in [0.05, 0.1) is 35.2 Å². The number of carbonyl (C=O) groups excluding carboxylic acids is 2. The predicted octanol–water partition coefficient (Wildman–Crippen LogP) is 3.68. The van der Waals surface area contributed by atoms with Crippen molar-refractivity contribution in [2.75, 3.05) is 25.6 Å². The number of aryl methyl sites for hydroxylation is 1. The van der Waals surface area contributed by atoms with E-state index in [1.807, 2.05) is 0 Å². The van der Waals surface area contributed by atoms with Crippen LogP contribution >= 0.6 is 23.2 Å². The van der Waals surface area contributed by atoms with Gasteiger partial charge in [0, 0.05) is 24.2 Å². The number of pyridine rings is 1. The molecule has 10 heteroatoms. The molecule has 1 aliphatic rings. The molecule has 0 aliphatic carbocycles. The quantitative estimate of drug-likeness (QED) is 0.568. The summed E-state index contributed by atoms with van der Waals surface area (Å²) in [5.74, 6) is -0.120. The van der Waals surface area contributed by atoms with E-state index in [4.69, 9.17) is 27.9 Å². The van der Waals surface area contributed by atoms with Crippen LogP contribution < -0.4 is 10.6 Å². The molecule has 2 aromatic heterocycles. The molecule has 3 aromatic rings. The van der Waals surface area contributed by atoms with Crippen molar-refractivity contribution < 1.29 is 14.3 Å². The van der Waals surface area contributed by atoms with Crippen LogP contribution in [-0.2, 0) is 11.2 Å². The van der Waals surface area contributed by atoms with Crippen molar-refractivity contribution >= 4 is 40.7 Å². The molecule has 0 atom stereocenters. The highest BCUT2D eigenvalue weighted by Gasteiger charge is 2.25. The second-order valence-corrected chi connectivity index (χ2v) is 8.37. The van der Waals surface area contributed by atoms with Crippen molar-refractivity contribution in [3.05, 3.63) is 69.1 Å². The fourth-order valence-electron chi connectivity index (χ4n) is 3.48. The fourth-order valence-corrected chi connectivity index (χ4v) is 3.96. The average Bonchev–Trinajstić information content (AvgIpc) is 3.16. The SMILES string of the molecule is CNC(=O)c1cc(Cl)cc(C)c1NC(=O)c1cc(CC2COC2)nn1-c1ncccc1Cl. The monoisotopic (exact) mass is 473 g/mol. The van der Waals surface area contributed by atoms with E-state index in [0.29, 0.717) is 52.7 Å². The van der Waals surface area contributed by atoms with Crippen LogP contribution in [0.25, 0.3) is 5.82 Å². The molecule has 0 unspecified atom stereocenters. The van der Waals surface area contributed by atoms with E-state index in [-0.39, 0.29) is 17.2 Å². The Kier molecular flexibility index (Phi) is 6.45. The van der Waals surface area contributed by atoms with Crippen LogP contribution in [0.15, 0.2) is 36.5 Å². The maximum atomic E-state index is 13.4. The molecule has 32 heavy (non-hydrogen) atoms. The first-order valence-electron chi connectivity index (χ1n) is 9.98. The maximum Gasteiger partial charge on any atom is 0.274 e. The number of carbonyl (C=O) groups is 2. The molecule has 0 spiro atoms. The summed E-state index contributed by atoms with van der Waals surface area (Å²) in [7, 11) is 1.51. The number of halogens is 2. The Morgan fingerprint density at radius 1 is 1.22 bits per heavy atom. The Bertz CT molecular complexity index is 1190. The second-order valence-electron chi connectivity index (χ2n) is 7.53. The first-order chi connectivity index (χ1) is 15.4. The molecule has 0 saturated carbocycles. The number of nitrogens with one attached hydrogen (secondary N) is 2. The van der Waals surface area contributed by atoms with Crippen LogP contribution in [0.5, 0.6) is 0 Å². The van der Waals surface area contributed by atoms with Crippen LogP contribution in [0.1, 0.15) is 32.1 Å². The zero-order chi connectivity index (χ0) is 22.8. The summed E-state index contributed by atoms with van der Waals surface area (Å²) in [6, 6.07) is 8.29. The van der Waals surface area contributed by atoms with Crippen molar-refractivity contribution in [2.45, 2.75) is 13.3 Å². The van der Waals surface area contributed by atoms with Crippen molar-refractivity contribution in [3.8, 4) is 5.82 Å². The zero-order valence-electron chi connectivity index (χ0n) is 17.5. The van der Waals surface area contributed by atoms with Gasteiger partial charge < -0.3 is 15.4 Å². The molecular formula is C22H21Cl2N5O3. The topological polar surface area (TPSA) is 98.1 Å². The minimum absolute atomic E-state index is 0.248. The Morgan fingerprint density at radius 3 is 2.66 bits per heavy atom. The van der Waals surface area contributed by atoms with Crippen molar-refractivity contribution in [1.82, 2.24) is 20.1 Å². The largest absolute Gasteiger partial charge is 0.381 e. The molecule has 4 rings (SSSR count). The summed E-state index contributed by atoms with van der Waals surface area (Å²) in [4.78, 5) is 30.0. The normalized spacial score (nSPS) is 13.5. The lowest BCUT2D eigenvalue weighted by Gasteiger charge is -2.24. The Labute approximate surface area is 194 Å². The van der Waals surface area contributed by atoms with Crippen molar-refractivity contribution in [2.24, 2.45) is 5.92 Å². The molecule has 166 valence electrons. The van der Waals surface area contributed by atoms with Gasteiger partial charge in [0.1, 0.15) is 5.69 Å². The van der Waals surface area contributed by atoms with E-state index in [9.17, 15) is 9.59 Å². The van der Waals surface area contributed by atoms with Crippen LogP contribution in [0.3, 0.4) is 0 Å². The highest BCUT2D eigenvalue weighted by atomic mass is 35.5. The third kappa shape index (κ3) is 4.48. The van der Waals surface area contributed by atoms with E-state index in [0.717, 1.165) is 5.69 Å². The Hall–Kier alpha value is -2.94. The summed E-state index contributed by atoms with van der Waals surface area (Å²) in [5.41, 5.74) is 2.26. The van der Waals surface area contributed by atoms with Crippen molar-refractivity contribution in [3.63, 3.8) is 0 Å². The fraction of sp³-hybridized carbons (Fsp3) is 0.273. The third-order valence-electron chi connectivity index (χ3n) is 5.15. The van der Waals surface area contributed by atoms with E-state index in [1.54, 1.807) is 37.4 Å². The smallest absolute Gasteiger partial charge is 0.274 e. The molecule has 0 bridgehead atoms. The van der Waals surface area contributed by atoms with Gasteiger partial charge in [-0.25, -0.2) is 9.67 Å². The van der Waals surface area contributed by atoms with Gasteiger partial charge in [-0.2, -0.15) is 5.10 Å². The van der Waals surface area contributed by atoms with Crippen LogP contribution in [-0.4, -0.2) is 46.8 Å². The van der Waals surface area contributed by atoms with Gasteiger partial charge in [-0.15, -0.1) is 0 Å². The summed E-state index contributed by atoms with van der Waals surface area (Å²) in [6.45, 7) is 3.10. The lowest BCUT2D eigenvalue weighted by molar-refractivity contribution is -0.0316. The van der Waals surface area contributed by atoms with Crippen LogP contribution in [0.4, 0.5) is 5.69 Å². The molecule has 0 radical (unpaired) electrons. The second kappa shape index (κ2) is 9.28. The Balaban J connectivity index is 1.74. The first kappa shape index (κ1) is 22.3. The van der Waals surface area contributed by atoms with Gasteiger partial charge >= 0.3 is 0 Å². The highest BCUT2D eigenvalue weighted by Crippen LogP contribution is 2.28. The molecule has 2 N–H and O–H groups in total. The van der Waals surface area contributed by atoms with Gasteiger partial charge in [-0.3, -0.25) is 9.59 Å². The molecule has 1 saturated heterocycles. The lowest BCUT2D eigenvalue weighted by Crippen LogP contribution is -2.29. The number of anilines is 1. The van der Waals surface area contributed by atoms with Gasteiger partial charge in [-0.1, -0.05) is 23.2 Å². The molecule has 2 amide bonds. The van der Waals surface area contributed by atoms with Crippen LogP contribution in [0.2, 0.25) is 10.0 Å².